The monoisotopic (exact) mass is 372 g/mol. The first-order valence-electron chi connectivity index (χ1n) is 9.82. The van der Waals surface area contributed by atoms with Gasteiger partial charge in [-0.05, 0) is 68.8 Å². The number of likely N-dealkylation sites (tertiary alicyclic amines) is 1. The fraction of sp³-hybridized carbons (Fsp3) is 0.571. The lowest BCUT2D eigenvalue weighted by Crippen LogP contribution is -2.39. The summed E-state index contributed by atoms with van der Waals surface area (Å²) in [6, 6.07) is 6.89. The number of rotatable bonds is 5. The van der Waals surface area contributed by atoms with E-state index in [0.29, 0.717) is 12.5 Å². The lowest BCUT2D eigenvalue weighted by molar-refractivity contribution is 0.0513. The van der Waals surface area contributed by atoms with E-state index in [0.717, 1.165) is 31.6 Å². The van der Waals surface area contributed by atoms with Crippen LogP contribution in [0.1, 0.15) is 47.7 Å². The highest BCUT2D eigenvalue weighted by atomic mass is 32.1. The first kappa shape index (κ1) is 18.1. The topological polar surface area (TPSA) is 56.6 Å². The average Bonchev–Trinajstić information content (AvgIpc) is 3.18. The third-order valence-electron chi connectivity index (χ3n) is 5.78. The quantitative estimate of drug-likeness (QED) is 0.846. The summed E-state index contributed by atoms with van der Waals surface area (Å²) in [5, 5.41) is 22.1. The van der Waals surface area contributed by atoms with E-state index in [1.165, 1.54) is 47.4 Å². The predicted molar refractivity (Wildman–Crippen MR) is 106 cm³/mol. The second-order valence-electron chi connectivity index (χ2n) is 7.67. The van der Waals surface area contributed by atoms with Crippen LogP contribution in [0.5, 0.6) is 0 Å². The third kappa shape index (κ3) is 4.01. The first-order valence-corrected chi connectivity index (χ1v) is 10.7. The minimum absolute atomic E-state index is 0.156. The molecule has 0 radical (unpaired) electrons. The molecule has 0 bridgehead atoms. The SMILES string of the molecule is OCC(O)CN1CCC(c2nc(-c3ccc4c(c3)CCCC4)cs2)CC1. The van der Waals surface area contributed by atoms with Crippen molar-refractivity contribution >= 4 is 11.3 Å². The van der Waals surface area contributed by atoms with Gasteiger partial charge in [-0.25, -0.2) is 4.98 Å². The number of nitrogens with zero attached hydrogens (tertiary/aromatic N) is 2. The van der Waals surface area contributed by atoms with Gasteiger partial charge in [0.25, 0.3) is 0 Å². The van der Waals surface area contributed by atoms with Crippen LogP contribution in [0.2, 0.25) is 0 Å². The molecule has 5 heteroatoms. The minimum atomic E-state index is -0.623. The van der Waals surface area contributed by atoms with E-state index in [4.69, 9.17) is 10.1 Å². The molecular formula is C21H28N2O2S. The van der Waals surface area contributed by atoms with Gasteiger partial charge in [-0.15, -0.1) is 11.3 Å². The van der Waals surface area contributed by atoms with Crippen molar-refractivity contribution in [2.24, 2.45) is 0 Å². The van der Waals surface area contributed by atoms with Gasteiger partial charge in [-0.1, -0.05) is 12.1 Å². The van der Waals surface area contributed by atoms with Gasteiger partial charge in [0.2, 0.25) is 0 Å². The van der Waals surface area contributed by atoms with E-state index in [2.05, 4.69) is 28.5 Å². The van der Waals surface area contributed by atoms with E-state index in [-0.39, 0.29) is 6.61 Å². The zero-order valence-corrected chi connectivity index (χ0v) is 16.0. The Morgan fingerprint density at radius 2 is 1.92 bits per heavy atom. The molecular weight excluding hydrogens is 344 g/mol. The van der Waals surface area contributed by atoms with Gasteiger partial charge in [0.15, 0.2) is 0 Å². The summed E-state index contributed by atoms with van der Waals surface area (Å²) in [7, 11) is 0. The highest BCUT2D eigenvalue weighted by Gasteiger charge is 2.24. The lowest BCUT2D eigenvalue weighted by atomic mass is 9.90. The summed E-state index contributed by atoms with van der Waals surface area (Å²) in [5.41, 5.74) is 5.42. The van der Waals surface area contributed by atoms with Crippen LogP contribution in [-0.4, -0.2) is 52.4 Å². The number of aliphatic hydroxyl groups excluding tert-OH is 2. The molecule has 1 aromatic heterocycles. The van der Waals surface area contributed by atoms with Gasteiger partial charge in [0, 0.05) is 23.4 Å². The van der Waals surface area contributed by atoms with Crippen molar-refractivity contribution in [2.75, 3.05) is 26.2 Å². The molecule has 2 heterocycles. The largest absolute Gasteiger partial charge is 0.394 e. The Bertz CT molecular complexity index is 737. The number of β-amino-alcohol motifs (C(OH)–C–C–N with tert-alkyl or cyclic N) is 1. The van der Waals surface area contributed by atoms with Crippen molar-refractivity contribution in [3.63, 3.8) is 0 Å². The van der Waals surface area contributed by atoms with Gasteiger partial charge >= 0.3 is 0 Å². The number of piperidine rings is 1. The number of aryl methyl sites for hydroxylation is 2. The number of fused-ring (bicyclic) bond motifs is 1. The predicted octanol–water partition coefficient (Wildman–Crippen LogP) is 3.22. The lowest BCUT2D eigenvalue weighted by Gasteiger charge is -2.32. The van der Waals surface area contributed by atoms with Gasteiger partial charge in [-0.3, -0.25) is 0 Å². The molecule has 2 aromatic rings. The Labute approximate surface area is 159 Å². The summed E-state index contributed by atoms with van der Waals surface area (Å²) in [5.74, 6) is 0.522. The fourth-order valence-electron chi connectivity index (χ4n) is 4.22. The Balaban J connectivity index is 1.41. The Hall–Kier alpha value is -1.27. The van der Waals surface area contributed by atoms with Crippen LogP contribution < -0.4 is 0 Å². The highest BCUT2D eigenvalue weighted by Crippen LogP contribution is 2.34. The van der Waals surface area contributed by atoms with Crippen LogP contribution >= 0.6 is 11.3 Å². The first-order chi connectivity index (χ1) is 12.7. The summed E-state index contributed by atoms with van der Waals surface area (Å²) < 4.78 is 0. The Morgan fingerprint density at radius 3 is 2.69 bits per heavy atom. The number of thiazole rings is 1. The zero-order chi connectivity index (χ0) is 17.9. The molecule has 140 valence electrons. The van der Waals surface area contributed by atoms with Crippen molar-refractivity contribution in [3.8, 4) is 11.3 Å². The number of aromatic nitrogens is 1. The molecule has 1 fully saturated rings. The number of benzene rings is 1. The average molecular weight is 373 g/mol. The smallest absolute Gasteiger partial charge is 0.0964 e. The maximum absolute atomic E-state index is 9.60. The van der Waals surface area contributed by atoms with Gasteiger partial charge in [0.05, 0.1) is 23.4 Å². The highest BCUT2D eigenvalue weighted by molar-refractivity contribution is 7.10. The molecule has 1 atom stereocenters. The third-order valence-corrected chi connectivity index (χ3v) is 6.79. The summed E-state index contributed by atoms with van der Waals surface area (Å²) in [6.07, 6.45) is 6.59. The van der Waals surface area contributed by atoms with Crippen LogP contribution in [-0.2, 0) is 12.8 Å². The van der Waals surface area contributed by atoms with Gasteiger partial charge < -0.3 is 15.1 Å². The molecule has 0 spiro atoms. The standard InChI is InChI=1S/C21H28N2O2S/c24-13-19(25)12-23-9-7-16(8-10-23)21-22-20(14-26-21)18-6-5-15-3-1-2-4-17(15)11-18/h5-6,11,14,16,19,24-25H,1-4,7-10,12-13H2. The molecule has 4 rings (SSSR count). The summed E-state index contributed by atoms with van der Waals surface area (Å²) in [4.78, 5) is 7.21. The molecule has 1 aliphatic heterocycles. The van der Waals surface area contributed by atoms with E-state index >= 15 is 0 Å². The fourth-order valence-corrected chi connectivity index (χ4v) is 5.22. The molecule has 2 N–H and O–H groups in total. The van der Waals surface area contributed by atoms with Crippen LogP contribution in [0.15, 0.2) is 23.6 Å². The molecule has 0 amide bonds. The van der Waals surface area contributed by atoms with Crippen LogP contribution in [0.3, 0.4) is 0 Å². The Kier molecular flexibility index (Phi) is 5.69. The zero-order valence-electron chi connectivity index (χ0n) is 15.2. The summed E-state index contributed by atoms with van der Waals surface area (Å²) >= 11 is 1.79. The maximum Gasteiger partial charge on any atom is 0.0964 e. The molecule has 0 saturated carbocycles. The van der Waals surface area contributed by atoms with Gasteiger partial charge in [-0.2, -0.15) is 0 Å². The van der Waals surface area contributed by atoms with Crippen LogP contribution in [0.4, 0.5) is 0 Å². The molecule has 1 aliphatic carbocycles. The number of aliphatic hydroxyl groups is 2. The molecule has 4 nitrogen and oxygen atoms in total. The molecule has 26 heavy (non-hydrogen) atoms. The maximum atomic E-state index is 9.60. The number of hydrogen-bond donors (Lipinski definition) is 2. The van der Waals surface area contributed by atoms with Crippen LogP contribution in [0, 0.1) is 0 Å². The van der Waals surface area contributed by atoms with E-state index in [1.807, 2.05) is 0 Å². The van der Waals surface area contributed by atoms with Crippen molar-refractivity contribution in [1.29, 1.82) is 0 Å². The van der Waals surface area contributed by atoms with E-state index in [1.54, 1.807) is 11.3 Å². The minimum Gasteiger partial charge on any atom is -0.394 e. The number of hydrogen-bond acceptors (Lipinski definition) is 5. The second-order valence-corrected chi connectivity index (χ2v) is 8.56. The normalized spacial score (nSPS) is 20.1. The molecule has 2 aliphatic rings. The van der Waals surface area contributed by atoms with E-state index in [9.17, 15) is 5.11 Å². The van der Waals surface area contributed by atoms with Crippen molar-refractivity contribution in [1.82, 2.24) is 9.88 Å². The van der Waals surface area contributed by atoms with Crippen molar-refractivity contribution in [3.05, 3.63) is 39.7 Å². The van der Waals surface area contributed by atoms with Crippen molar-refractivity contribution < 1.29 is 10.2 Å². The van der Waals surface area contributed by atoms with E-state index < -0.39 is 6.10 Å². The Morgan fingerprint density at radius 1 is 1.15 bits per heavy atom. The molecule has 1 unspecified atom stereocenters. The van der Waals surface area contributed by atoms with Gasteiger partial charge in [0.1, 0.15) is 0 Å². The molecule has 1 saturated heterocycles. The van der Waals surface area contributed by atoms with Crippen LogP contribution in [0.25, 0.3) is 11.3 Å². The molecule has 1 aromatic carbocycles. The van der Waals surface area contributed by atoms with Crippen molar-refractivity contribution in [2.45, 2.75) is 50.5 Å². The second kappa shape index (κ2) is 8.17. The summed E-state index contributed by atoms with van der Waals surface area (Å²) in [6.45, 7) is 2.35.